The number of hydrogen-bond donors (Lipinski definition) is 1. The maximum Gasteiger partial charge on any atom is 0.0593 e. The number of nitrogens with zero attached hydrogens (tertiary/aromatic N) is 1. The molecule has 1 aliphatic carbocycles. The third-order valence-corrected chi connectivity index (χ3v) is 3.36. The van der Waals surface area contributed by atoms with Crippen molar-refractivity contribution < 1.29 is 4.74 Å². The predicted molar refractivity (Wildman–Crippen MR) is 78.0 cm³/mol. The van der Waals surface area contributed by atoms with Gasteiger partial charge in [-0.15, -0.1) is 0 Å². The Labute approximate surface area is 113 Å². The third-order valence-electron chi connectivity index (χ3n) is 3.36. The average Bonchev–Trinajstić information content (AvgIpc) is 3.13. The van der Waals surface area contributed by atoms with Gasteiger partial charge >= 0.3 is 0 Å². The third kappa shape index (κ3) is 9.86. The van der Waals surface area contributed by atoms with Gasteiger partial charge < -0.3 is 15.0 Å². The maximum absolute atomic E-state index is 5.65. The van der Waals surface area contributed by atoms with Crippen molar-refractivity contribution in [3.8, 4) is 0 Å². The van der Waals surface area contributed by atoms with Gasteiger partial charge in [0.25, 0.3) is 0 Å². The van der Waals surface area contributed by atoms with Gasteiger partial charge in [-0.1, -0.05) is 13.8 Å². The first-order valence-electron chi connectivity index (χ1n) is 7.65. The molecule has 18 heavy (non-hydrogen) atoms. The summed E-state index contributed by atoms with van der Waals surface area (Å²) in [7, 11) is 2.20. The second-order valence-corrected chi connectivity index (χ2v) is 6.13. The normalized spacial score (nSPS) is 15.8. The molecule has 0 unspecified atom stereocenters. The number of unbranched alkanes of at least 4 members (excludes halogenated alkanes) is 1. The molecule has 3 nitrogen and oxygen atoms in total. The van der Waals surface area contributed by atoms with Crippen LogP contribution in [0.4, 0.5) is 0 Å². The summed E-state index contributed by atoms with van der Waals surface area (Å²) in [5.74, 6) is 1.65. The van der Waals surface area contributed by atoms with Crippen LogP contribution >= 0.6 is 0 Å². The maximum atomic E-state index is 5.65. The van der Waals surface area contributed by atoms with Gasteiger partial charge in [-0.25, -0.2) is 0 Å². The first kappa shape index (κ1) is 15.9. The molecule has 0 aliphatic heterocycles. The van der Waals surface area contributed by atoms with Crippen molar-refractivity contribution in [2.45, 2.75) is 39.5 Å². The molecule has 1 rings (SSSR count). The lowest BCUT2D eigenvalue weighted by atomic mass is 10.2. The van der Waals surface area contributed by atoms with Crippen molar-refractivity contribution in [1.82, 2.24) is 10.2 Å². The minimum absolute atomic E-state index is 0.760. The molecule has 1 aliphatic rings. The van der Waals surface area contributed by atoms with E-state index < -0.39 is 0 Å². The van der Waals surface area contributed by atoms with E-state index in [-0.39, 0.29) is 0 Å². The van der Waals surface area contributed by atoms with Crippen molar-refractivity contribution >= 4 is 0 Å². The summed E-state index contributed by atoms with van der Waals surface area (Å²) < 4.78 is 5.65. The van der Waals surface area contributed by atoms with Crippen LogP contribution in [0.1, 0.15) is 39.5 Å². The first-order chi connectivity index (χ1) is 8.68. The van der Waals surface area contributed by atoms with Gasteiger partial charge in [-0.2, -0.15) is 0 Å². The zero-order valence-electron chi connectivity index (χ0n) is 12.6. The second kappa shape index (κ2) is 9.76. The summed E-state index contributed by atoms with van der Waals surface area (Å²) in [6.07, 6.45) is 5.34. The van der Waals surface area contributed by atoms with Crippen molar-refractivity contribution in [3.63, 3.8) is 0 Å². The Hall–Kier alpha value is -0.120. The minimum atomic E-state index is 0.760. The number of likely N-dealkylation sites (N-methyl/N-ethyl adjacent to an activating group) is 1. The van der Waals surface area contributed by atoms with Crippen molar-refractivity contribution in [2.75, 3.05) is 46.4 Å². The first-order valence-corrected chi connectivity index (χ1v) is 7.65. The number of ether oxygens (including phenoxy) is 1. The van der Waals surface area contributed by atoms with Gasteiger partial charge in [0.2, 0.25) is 0 Å². The fourth-order valence-electron chi connectivity index (χ4n) is 1.89. The van der Waals surface area contributed by atoms with Crippen LogP contribution in [-0.4, -0.2) is 51.3 Å². The van der Waals surface area contributed by atoms with Crippen molar-refractivity contribution in [1.29, 1.82) is 0 Å². The summed E-state index contributed by atoms with van der Waals surface area (Å²) in [5.41, 5.74) is 0. The minimum Gasteiger partial charge on any atom is -0.380 e. The molecule has 0 aromatic rings. The highest BCUT2D eigenvalue weighted by Crippen LogP contribution is 2.28. The van der Waals surface area contributed by atoms with Gasteiger partial charge in [0.05, 0.1) is 6.61 Å². The fourth-order valence-corrected chi connectivity index (χ4v) is 1.89. The molecule has 1 N–H and O–H groups in total. The van der Waals surface area contributed by atoms with E-state index in [1.807, 2.05) is 0 Å². The van der Waals surface area contributed by atoms with Crippen LogP contribution < -0.4 is 5.32 Å². The quantitative estimate of drug-likeness (QED) is 0.543. The van der Waals surface area contributed by atoms with Gasteiger partial charge in [0, 0.05) is 13.2 Å². The molecule has 3 heteroatoms. The highest BCUT2D eigenvalue weighted by Gasteiger charge is 2.20. The van der Waals surface area contributed by atoms with Crippen molar-refractivity contribution in [3.05, 3.63) is 0 Å². The highest BCUT2D eigenvalue weighted by molar-refractivity contribution is 4.71. The molecule has 1 saturated carbocycles. The zero-order valence-corrected chi connectivity index (χ0v) is 12.6. The van der Waals surface area contributed by atoms with Gasteiger partial charge in [-0.05, 0) is 64.2 Å². The predicted octanol–water partition coefficient (Wildman–Crippen LogP) is 2.37. The van der Waals surface area contributed by atoms with Gasteiger partial charge in [-0.3, -0.25) is 0 Å². The van der Waals surface area contributed by atoms with Gasteiger partial charge in [0.1, 0.15) is 0 Å². The molecule has 0 bridgehead atoms. The molecule has 0 radical (unpaired) electrons. The van der Waals surface area contributed by atoms with E-state index in [9.17, 15) is 0 Å². The van der Waals surface area contributed by atoms with E-state index >= 15 is 0 Å². The van der Waals surface area contributed by atoms with Crippen LogP contribution in [0.15, 0.2) is 0 Å². The summed E-state index contributed by atoms with van der Waals surface area (Å²) in [5, 5.41) is 3.49. The Kier molecular flexibility index (Phi) is 8.64. The van der Waals surface area contributed by atoms with Crippen LogP contribution in [0, 0.1) is 11.8 Å². The molecule has 0 aromatic heterocycles. The number of rotatable bonds is 12. The van der Waals surface area contributed by atoms with E-state index in [2.05, 4.69) is 31.1 Å². The van der Waals surface area contributed by atoms with Gasteiger partial charge in [0.15, 0.2) is 0 Å². The molecule has 0 saturated heterocycles. The summed E-state index contributed by atoms with van der Waals surface area (Å²) in [6, 6.07) is 0. The SMILES string of the molecule is CC(C)CNCCCCN(C)CCOCC1CC1. The van der Waals surface area contributed by atoms with Crippen LogP contribution in [-0.2, 0) is 4.74 Å². The Bertz CT molecular complexity index is 193. The monoisotopic (exact) mass is 256 g/mol. The van der Waals surface area contributed by atoms with Crippen LogP contribution in [0.25, 0.3) is 0 Å². The smallest absolute Gasteiger partial charge is 0.0593 e. The Morgan fingerprint density at radius 3 is 2.67 bits per heavy atom. The molecule has 0 heterocycles. The van der Waals surface area contributed by atoms with Crippen LogP contribution in [0.2, 0.25) is 0 Å². The number of hydrogen-bond acceptors (Lipinski definition) is 3. The van der Waals surface area contributed by atoms with E-state index in [0.29, 0.717) is 0 Å². The van der Waals surface area contributed by atoms with Crippen LogP contribution in [0.5, 0.6) is 0 Å². The van der Waals surface area contributed by atoms with Crippen LogP contribution in [0.3, 0.4) is 0 Å². The standard InChI is InChI=1S/C15H32N2O/c1-14(2)12-16-8-4-5-9-17(3)10-11-18-13-15-6-7-15/h14-16H,4-13H2,1-3H3. The van der Waals surface area contributed by atoms with E-state index in [0.717, 1.165) is 44.7 Å². The summed E-state index contributed by atoms with van der Waals surface area (Å²) in [6.45, 7) is 11.0. The zero-order chi connectivity index (χ0) is 13.2. The topological polar surface area (TPSA) is 24.5 Å². The molecular weight excluding hydrogens is 224 g/mol. The van der Waals surface area contributed by atoms with E-state index in [4.69, 9.17) is 4.74 Å². The number of nitrogens with one attached hydrogen (secondary N) is 1. The largest absolute Gasteiger partial charge is 0.380 e. The lowest BCUT2D eigenvalue weighted by Gasteiger charge is -2.16. The van der Waals surface area contributed by atoms with Crippen molar-refractivity contribution in [2.24, 2.45) is 11.8 Å². The Morgan fingerprint density at radius 2 is 2.00 bits per heavy atom. The van der Waals surface area contributed by atoms with E-state index in [1.54, 1.807) is 0 Å². The summed E-state index contributed by atoms with van der Waals surface area (Å²) >= 11 is 0. The molecule has 0 aromatic carbocycles. The molecule has 1 fully saturated rings. The summed E-state index contributed by atoms with van der Waals surface area (Å²) in [4.78, 5) is 2.38. The average molecular weight is 256 g/mol. The molecule has 0 atom stereocenters. The molecular formula is C15H32N2O. The highest BCUT2D eigenvalue weighted by atomic mass is 16.5. The lowest BCUT2D eigenvalue weighted by Crippen LogP contribution is -2.26. The second-order valence-electron chi connectivity index (χ2n) is 6.13. The fraction of sp³-hybridized carbons (Fsp3) is 1.00. The molecule has 0 amide bonds. The molecule has 108 valence electrons. The molecule has 0 spiro atoms. The Balaban J connectivity index is 1.76. The lowest BCUT2D eigenvalue weighted by molar-refractivity contribution is 0.103. The van der Waals surface area contributed by atoms with E-state index in [1.165, 1.54) is 32.2 Å². The Morgan fingerprint density at radius 1 is 1.22 bits per heavy atom.